The molecule has 4 nitrogen and oxygen atoms in total. The van der Waals surface area contributed by atoms with E-state index in [4.69, 9.17) is 9.84 Å². The Balaban J connectivity index is 2.41. The maximum atomic E-state index is 10.7. The van der Waals surface area contributed by atoms with Crippen molar-refractivity contribution in [3.8, 4) is 11.5 Å². The molecule has 0 spiro atoms. The number of phenols is 1. The summed E-state index contributed by atoms with van der Waals surface area (Å²) in [6, 6.07) is 0. The van der Waals surface area contributed by atoms with Crippen molar-refractivity contribution in [3.05, 3.63) is 22.3 Å². The third kappa shape index (κ3) is 1.84. The van der Waals surface area contributed by atoms with Crippen molar-refractivity contribution in [3.63, 3.8) is 0 Å². The first-order valence-corrected chi connectivity index (χ1v) is 5.61. The lowest BCUT2D eigenvalue weighted by Gasteiger charge is -2.13. The van der Waals surface area contributed by atoms with Crippen molar-refractivity contribution in [2.75, 3.05) is 0 Å². The van der Waals surface area contributed by atoms with E-state index in [1.54, 1.807) is 0 Å². The van der Waals surface area contributed by atoms with Crippen molar-refractivity contribution in [1.29, 1.82) is 0 Å². The summed E-state index contributed by atoms with van der Waals surface area (Å²) < 4.78 is 5.67. The van der Waals surface area contributed by atoms with E-state index in [-0.39, 0.29) is 12.5 Å². The van der Waals surface area contributed by atoms with Gasteiger partial charge in [0.15, 0.2) is 0 Å². The topological polar surface area (TPSA) is 66.8 Å². The highest BCUT2D eigenvalue weighted by Crippen LogP contribution is 2.42. The van der Waals surface area contributed by atoms with Crippen LogP contribution in [0.1, 0.15) is 28.7 Å². The van der Waals surface area contributed by atoms with Crippen molar-refractivity contribution in [2.45, 2.75) is 39.7 Å². The Morgan fingerprint density at radius 1 is 1.29 bits per heavy atom. The van der Waals surface area contributed by atoms with Crippen LogP contribution < -0.4 is 4.74 Å². The number of aromatic hydroxyl groups is 1. The van der Waals surface area contributed by atoms with E-state index in [1.807, 2.05) is 20.8 Å². The zero-order valence-electron chi connectivity index (χ0n) is 10.2. The van der Waals surface area contributed by atoms with Crippen LogP contribution in [0.3, 0.4) is 0 Å². The van der Waals surface area contributed by atoms with Gasteiger partial charge >= 0.3 is 5.97 Å². The molecule has 0 aliphatic carbocycles. The van der Waals surface area contributed by atoms with Crippen molar-refractivity contribution < 1.29 is 19.7 Å². The molecule has 0 fully saturated rings. The summed E-state index contributed by atoms with van der Waals surface area (Å²) in [6.45, 7) is 5.56. The van der Waals surface area contributed by atoms with Crippen LogP contribution in [0.4, 0.5) is 0 Å². The van der Waals surface area contributed by atoms with E-state index >= 15 is 0 Å². The number of phenolic OH excluding ortho intramolecular Hbond substituents is 1. The molecule has 92 valence electrons. The van der Waals surface area contributed by atoms with Crippen molar-refractivity contribution in [1.82, 2.24) is 0 Å². The van der Waals surface area contributed by atoms with E-state index in [2.05, 4.69) is 0 Å². The summed E-state index contributed by atoms with van der Waals surface area (Å²) in [5.74, 6) is 0.184. The molecule has 1 heterocycles. The summed E-state index contributed by atoms with van der Waals surface area (Å²) >= 11 is 0. The average Bonchev–Trinajstić information content (AvgIpc) is 2.66. The number of aliphatic carboxylic acids is 1. The first-order chi connectivity index (χ1) is 7.91. The fourth-order valence-corrected chi connectivity index (χ4v) is 2.32. The molecule has 2 rings (SSSR count). The predicted octanol–water partition coefficient (Wildman–Crippen LogP) is 2.10. The quantitative estimate of drug-likeness (QED) is 0.825. The van der Waals surface area contributed by atoms with Crippen LogP contribution in [0, 0.1) is 20.8 Å². The Bertz CT molecular complexity index is 454. The van der Waals surface area contributed by atoms with Crippen LogP contribution in [-0.4, -0.2) is 22.3 Å². The van der Waals surface area contributed by atoms with Gasteiger partial charge in [-0.1, -0.05) is 0 Å². The van der Waals surface area contributed by atoms with Crippen LogP contribution in [0.2, 0.25) is 0 Å². The largest absolute Gasteiger partial charge is 0.507 e. The standard InChI is InChI=1S/C13H16O4/c1-6-7(2)13-10(8(3)12(6)16)4-9(17-13)5-11(14)15/h9,16H,4-5H2,1-3H3,(H,14,15)/t9-/m1/s1. The van der Waals surface area contributed by atoms with Gasteiger partial charge in [0.05, 0.1) is 6.42 Å². The minimum atomic E-state index is -0.862. The molecule has 0 unspecified atom stereocenters. The van der Waals surface area contributed by atoms with Gasteiger partial charge in [-0.25, -0.2) is 0 Å². The molecule has 0 amide bonds. The van der Waals surface area contributed by atoms with E-state index in [1.165, 1.54) is 0 Å². The average molecular weight is 236 g/mol. The number of hydrogen-bond donors (Lipinski definition) is 2. The smallest absolute Gasteiger partial charge is 0.307 e. The molecule has 17 heavy (non-hydrogen) atoms. The number of ether oxygens (including phenoxy) is 1. The zero-order valence-corrected chi connectivity index (χ0v) is 10.2. The molecule has 0 bridgehead atoms. The Kier molecular flexibility index (Phi) is 2.73. The Morgan fingerprint density at radius 3 is 2.53 bits per heavy atom. The normalized spacial score (nSPS) is 17.7. The van der Waals surface area contributed by atoms with Crippen LogP contribution in [0.15, 0.2) is 0 Å². The maximum Gasteiger partial charge on any atom is 0.307 e. The number of carboxylic acids is 1. The van der Waals surface area contributed by atoms with Gasteiger partial charge < -0.3 is 14.9 Å². The molecule has 1 aromatic carbocycles. The van der Waals surface area contributed by atoms with Gasteiger partial charge in [-0.2, -0.15) is 0 Å². The van der Waals surface area contributed by atoms with Crippen molar-refractivity contribution >= 4 is 5.97 Å². The molecular formula is C13H16O4. The van der Waals surface area contributed by atoms with Crippen molar-refractivity contribution in [2.24, 2.45) is 0 Å². The number of hydrogen-bond acceptors (Lipinski definition) is 3. The lowest BCUT2D eigenvalue weighted by molar-refractivity contribution is -0.138. The first-order valence-electron chi connectivity index (χ1n) is 5.61. The van der Waals surface area contributed by atoms with Gasteiger partial charge in [0.1, 0.15) is 17.6 Å². The molecule has 2 N–H and O–H groups in total. The minimum absolute atomic E-state index is 0.00658. The summed E-state index contributed by atoms with van der Waals surface area (Å²) in [7, 11) is 0. The number of carboxylic acid groups (broad SMARTS) is 1. The molecule has 0 aromatic heterocycles. The Morgan fingerprint density at radius 2 is 1.94 bits per heavy atom. The van der Waals surface area contributed by atoms with Gasteiger partial charge in [0.2, 0.25) is 0 Å². The van der Waals surface area contributed by atoms with Crippen LogP contribution in [0.5, 0.6) is 11.5 Å². The second-order valence-electron chi connectivity index (χ2n) is 4.57. The third-order valence-electron chi connectivity index (χ3n) is 3.46. The first kappa shape index (κ1) is 11.8. The number of fused-ring (bicyclic) bond motifs is 1. The molecule has 0 saturated carbocycles. The number of carbonyl (C=O) groups is 1. The molecule has 1 aliphatic rings. The Labute approximate surface area is 99.8 Å². The van der Waals surface area contributed by atoms with E-state index in [9.17, 15) is 9.90 Å². The third-order valence-corrected chi connectivity index (χ3v) is 3.46. The zero-order chi connectivity index (χ0) is 12.7. The molecule has 0 saturated heterocycles. The second-order valence-corrected chi connectivity index (χ2v) is 4.57. The number of rotatable bonds is 2. The van der Waals surface area contributed by atoms with Crippen LogP contribution >= 0.6 is 0 Å². The lowest BCUT2D eigenvalue weighted by atomic mass is 9.96. The lowest BCUT2D eigenvalue weighted by Crippen LogP contribution is -2.17. The fourth-order valence-electron chi connectivity index (χ4n) is 2.32. The summed E-state index contributed by atoms with van der Waals surface area (Å²) in [6.07, 6.45) is 0.233. The van der Waals surface area contributed by atoms with Crippen LogP contribution in [-0.2, 0) is 11.2 Å². The SMILES string of the molecule is Cc1c(C)c2c(c(C)c1O)C[C@H](CC(=O)O)O2. The number of benzene rings is 1. The molecule has 1 atom stereocenters. The van der Waals surface area contributed by atoms with Gasteiger partial charge in [-0.05, 0) is 37.5 Å². The predicted molar refractivity (Wildman–Crippen MR) is 62.7 cm³/mol. The Hall–Kier alpha value is -1.71. The van der Waals surface area contributed by atoms with Gasteiger partial charge in [-0.15, -0.1) is 0 Å². The summed E-state index contributed by atoms with van der Waals surface area (Å²) in [4.78, 5) is 10.7. The highest BCUT2D eigenvalue weighted by Gasteiger charge is 2.30. The fraction of sp³-hybridized carbons (Fsp3) is 0.462. The van der Waals surface area contributed by atoms with Gasteiger partial charge in [0.25, 0.3) is 0 Å². The van der Waals surface area contributed by atoms with E-state index in [0.717, 1.165) is 28.0 Å². The minimum Gasteiger partial charge on any atom is -0.507 e. The molecule has 0 radical (unpaired) electrons. The summed E-state index contributed by atoms with van der Waals surface area (Å²) in [5, 5.41) is 18.7. The van der Waals surface area contributed by atoms with Gasteiger partial charge in [-0.3, -0.25) is 4.79 Å². The molecular weight excluding hydrogens is 220 g/mol. The second kappa shape index (κ2) is 3.95. The maximum absolute atomic E-state index is 10.7. The monoisotopic (exact) mass is 236 g/mol. The molecule has 1 aromatic rings. The molecule has 4 heteroatoms. The molecule has 1 aliphatic heterocycles. The van der Waals surface area contributed by atoms with Crippen LogP contribution in [0.25, 0.3) is 0 Å². The van der Waals surface area contributed by atoms with E-state index < -0.39 is 5.97 Å². The van der Waals surface area contributed by atoms with E-state index in [0.29, 0.717) is 12.2 Å². The highest BCUT2D eigenvalue weighted by atomic mass is 16.5. The van der Waals surface area contributed by atoms with Gasteiger partial charge in [0, 0.05) is 12.0 Å². The summed E-state index contributed by atoms with van der Waals surface area (Å²) in [5.41, 5.74) is 3.45. The highest BCUT2D eigenvalue weighted by molar-refractivity contribution is 5.68.